The lowest BCUT2D eigenvalue weighted by atomic mass is 10.1. The van der Waals surface area contributed by atoms with Gasteiger partial charge < -0.3 is 10.4 Å². The van der Waals surface area contributed by atoms with Gasteiger partial charge in [0, 0.05) is 17.0 Å². The van der Waals surface area contributed by atoms with Crippen molar-refractivity contribution in [3.8, 4) is 5.75 Å². The number of phenolic OH excluding ortho intramolecular Hbond substituents is 1. The molecule has 2 aromatic carbocycles. The molecule has 0 heterocycles. The first-order valence-corrected chi connectivity index (χ1v) is 5.60. The van der Waals surface area contributed by atoms with Crippen LogP contribution in [0.5, 0.6) is 5.75 Å². The Labute approximate surface area is 100 Å². The van der Waals surface area contributed by atoms with Crippen molar-refractivity contribution in [2.75, 3.05) is 0 Å². The lowest BCUT2D eigenvalue weighted by molar-refractivity contribution is 0.0943. The standard InChI is InChI=1S/C14H15NO2/c1-9(2)15-14(17)11-7-10-5-3-4-6-12(10)13(16)8-11/h3-9,16H,1-2H3,(H,15,17). The highest BCUT2D eigenvalue weighted by Gasteiger charge is 2.10. The van der Waals surface area contributed by atoms with Crippen molar-refractivity contribution in [1.29, 1.82) is 0 Å². The van der Waals surface area contributed by atoms with E-state index in [0.29, 0.717) is 5.56 Å². The third kappa shape index (κ3) is 2.38. The van der Waals surface area contributed by atoms with E-state index < -0.39 is 0 Å². The van der Waals surface area contributed by atoms with E-state index in [1.54, 1.807) is 6.07 Å². The predicted octanol–water partition coefficient (Wildman–Crippen LogP) is 2.68. The lowest BCUT2D eigenvalue weighted by Crippen LogP contribution is -2.29. The molecule has 17 heavy (non-hydrogen) atoms. The normalized spacial score (nSPS) is 10.8. The van der Waals surface area contributed by atoms with Crippen LogP contribution in [0.1, 0.15) is 24.2 Å². The highest BCUT2D eigenvalue weighted by molar-refractivity contribution is 6.00. The summed E-state index contributed by atoms with van der Waals surface area (Å²) in [5.41, 5.74) is 0.481. The molecule has 0 radical (unpaired) electrons. The van der Waals surface area contributed by atoms with Gasteiger partial charge in [-0.1, -0.05) is 24.3 Å². The van der Waals surface area contributed by atoms with E-state index in [-0.39, 0.29) is 17.7 Å². The number of benzene rings is 2. The van der Waals surface area contributed by atoms with E-state index in [1.165, 1.54) is 6.07 Å². The first-order valence-electron chi connectivity index (χ1n) is 5.60. The minimum Gasteiger partial charge on any atom is -0.507 e. The number of hydrogen-bond acceptors (Lipinski definition) is 2. The molecule has 0 aliphatic carbocycles. The van der Waals surface area contributed by atoms with E-state index in [4.69, 9.17) is 0 Å². The van der Waals surface area contributed by atoms with Crippen LogP contribution in [0.3, 0.4) is 0 Å². The Balaban J connectivity index is 2.46. The second-order valence-corrected chi connectivity index (χ2v) is 4.34. The molecule has 0 aromatic heterocycles. The number of carbonyl (C=O) groups excluding carboxylic acids is 1. The van der Waals surface area contributed by atoms with E-state index in [1.807, 2.05) is 38.1 Å². The molecule has 3 heteroatoms. The van der Waals surface area contributed by atoms with Crippen molar-refractivity contribution in [3.63, 3.8) is 0 Å². The van der Waals surface area contributed by atoms with Crippen molar-refractivity contribution in [1.82, 2.24) is 5.32 Å². The summed E-state index contributed by atoms with van der Waals surface area (Å²) in [6.07, 6.45) is 0. The topological polar surface area (TPSA) is 49.3 Å². The van der Waals surface area contributed by atoms with Crippen LogP contribution >= 0.6 is 0 Å². The molecule has 0 atom stereocenters. The van der Waals surface area contributed by atoms with Crippen molar-refractivity contribution < 1.29 is 9.90 Å². The van der Waals surface area contributed by atoms with Gasteiger partial charge in [-0.05, 0) is 31.4 Å². The van der Waals surface area contributed by atoms with Crippen LogP contribution in [0.4, 0.5) is 0 Å². The minimum absolute atomic E-state index is 0.0797. The van der Waals surface area contributed by atoms with Crippen LogP contribution < -0.4 is 5.32 Å². The Morgan fingerprint density at radius 1 is 1.24 bits per heavy atom. The quantitative estimate of drug-likeness (QED) is 0.831. The van der Waals surface area contributed by atoms with Crippen molar-refractivity contribution in [2.24, 2.45) is 0 Å². The van der Waals surface area contributed by atoms with E-state index in [2.05, 4.69) is 5.32 Å². The van der Waals surface area contributed by atoms with Gasteiger partial charge in [-0.15, -0.1) is 0 Å². The molecule has 1 amide bonds. The Bertz CT molecular complexity index is 561. The largest absolute Gasteiger partial charge is 0.507 e. The Kier molecular flexibility index (Phi) is 3.00. The van der Waals surface area contributed by atoms with Gasteiger partial charge in [0.2, 0.25) is 0 Å². The number of nitrogens with one attached hydrogen (secondary N) is 1. The zero-order valence-electron chi connectivity index (χ0n) is 9.90. The number of fused-ring (bicyclic) bond motifs is 1. The molecular formula is C14H15NO2. The first kappa shape index (κ1) is 11.5. The zero-order chi connectivity index (χ0) is 12.4. The van der Waals surface area contributed by atoms with Crippen LogP contribution in [0.25, 0.3) is 10.8 Å². The van der Waals surface area contributed by atoms with E-state index >= 15 is 0 Å². The predicted molar refractivity (Wildman–Crippen MR) is 68.2 cm³/mol. The first-order chi connectivity index (χ1) is 8.08. The smallest absolute Gasteiger partial charge is 0.251 e. The van der Waals surface area contributed by atoms with Gasteiger partial charge in [0.1, 0.15) is 5.75 Å². The molecule has 0 saturated heterocycles. The average molecular weight is 229 g/mol. The van der Waals surface area contributed by atoms with Crippen LogP contribution in [0, 0.1) is 0 Å². The van der Waals surface area contributed by atoms with Crippen molar-refractivity contribution in [2.45, 2.75) is 19.9 Å². The second-order valence-electron chi connectivity index (χ2n) is 4.34. The fraction of sp³-hybridized carbons (Fsp3) is 0.214. The van der Waals surface area contributed by atoms with Gasteiger partial charge in [-0.25, -0.2) is 0 Å². The molecule has 0 aliphatic heterocycles. The summed E-state index contributed by atoms with van der Waals surface area (Å²) >= 11 is 0. The molecule has 2 N–H and O–H groups in total. The molecule has 2 aromatic rings. The molecule has 88 valence electrons. The molecule has 2 rings (SSSR count). The molecule has 0 saturated carbocycles. The molecule has 0 bridgehead atoms. The maximum Gasteiger partial charge on any atom is 0.251 e. The number of aromatic hydroxyl groups is 1. The number of amides is 1. The highest BCUT2D eigenvalue weighted by Crippen LogP contribution is 2.26. The number of carbonyl (C=O) groups is 1. The maximum atomic E-state index is 11.8. The van der Waals surface area contributed by atoms with Crippen molar-refractivity contribution >= 4 is 16.7 Å². The summed E-state index contributed by atoms with van der Waals surface area (Å²) in [6, 6.07) is 10.8. The van der Waals surface area contributed by atoms with Crippen LogP contribution in [0.2, 0.25) is 0 Å². The average Bonchev–Trinajstić information content (AvgIpc) is 2.28. The highest BCUT2D eigenvalue weighted by atomic mass is 16.3. The van der Waals surface area contributed by atoms with Gasteiger partial charge in [0.25, 0.3) is 5.91 Å². The molecular weight excluding hydrogens is 214 g/mol. The molecule has 0 spiro atoms. The van der Waals surface area contributed by atoms with Crippen LogP contribution in [-0.2, 0) is 0 Å². The van der Waals surface area contributed by atoms with Crippen molar-refractivity contribution in [3.05, 3.63) is 42.0 Å². The van der Waals surface area contributed by atoms with Gasteiger partial charge in [-0.3, -0.25) is 4.79 Å². The summed E-state index contributed by atoms with van der Waals surface area (Å²) in [4.78, 5) is 11.8. The fourth-order valence-corrected chi connectivity index (χ4v) is 1.77. The van der Waals surface area contributed by atoms with E-state index in [9.17, 15) is 9.90 Å². The SMILES string of the molecule is CC(C)NC(=O)c1cc(O)c2ccccc2c1. The fourth-order valence-electron chi connectivity index (χ4n) is 1.77. The maximum absolute atomic E-state index is 11.8. The second kappa shape index (κ2) is 4.45. The third-order valence-electron chi connectivity index (χ3n) is 2.52. The summed E-state index contributed by atoms with van der Waals surface area (Å²) in [5, 5.41) is 14.3. The number of phenols is 1. The zero-order valence-corrected chi connectivity index (χ0v) is 9.90. The van der Waals surface area contributed by atoms with Gasteiger partial charge in [-0.2, -0.15) is 0 Å². The van der Waals surface area contributed by atoms with Gasteiger partial charge in [0.15, 0.2) is 0 Å². The summed E-state index contributed by atoms with van der Waals surface area (Å²) in [5.74, 6) is -0.0296. The van der Waals surface area contributed by atoms with E-state index in [0.717, 1.165) is 10.8 Å². The number of rotatable bonds is 2. The van der Waals surface area contributed by atoms with Gasteiger partial charge >= 0.3 is 0 Å². The minimum atomic E-state index is -0.166. The monoisotopic (exact) mass is 229 g/mol. The molecule has 0 aliphatic rings. The number of hydrogen-bond donors (Lipinski definition) is 2. The molecule has 0 unspecified atom stereocenters. The van der Waals surface area contributed by atoms with Gasteiger partial charge in [0.05, 0.1) is 0 Å². The Hall–Kier alpha value is -2.03. The Morgan fingerprint density at radius 3 is 2.65 bits per heavy atom. The molecule has 0 fully saturated rings. The molecule has 3 nitrogen and oxygen atoms in total. The lowest BCUT2D eigenvalue weighted by Gasteiger charge is -2.09. The summed E-state index contributed by atoms with van der Waals surface area (Å²) < 4.78 is 0. The summed E-state index contributed by atoms with van der Waals surface area (Å²) in [7, 11) is 0. The van der Waals surface area contributed by atoms with Crippen LogP contribution in [0.15, 0.2) is 36.4 Å². The van der Waals surface area contributed by atoms with Crippen LogP contribution in [-0.4, -0.2) is 17.1 Å². The summed E-state index contributed by atoms with van der Waals surface area (Å²) in [6.45, 7) is 3.80. The third-order valence-corrected chi connectivity index (χ3v) is 2.52. The Morgan fingerprint density at radius 2 is 1.94 bits per heavy atom.